The van der Waals surface area contributed by atoms with E-state index in [2.05, 4.69) is 132 Å². The molecule has 4 saturated carbocycles. The monoisotopic (exact) mass is 501 g/mol. The second-order valence-electron chi connectivity index (χ2n) is 18.3. The van der Waals surface area contributed by atoms with Gasteiger partial charge in [-0.15, -0.1) is 0 Å². The Morgan fingerprint density at radius 2 is 1.19 bits per heavy atom. The van der Waals surface area contributed by atoms with Gasteiger partial charge in [0.1, 0.15) is 0 Å². The summed E-state index contributed by atoms with van der Waals surface area (Å²) in [5, 5.41) is 0. The SMILES string of the molecule is CCC(C)C(C)C1C23CC(C)(C1(C)C(C)(C)C(C)(CC)C(C)(C)C)C2(C)C(C)(C(C)(C)C)C3C(C)C. The molecule has 0 saturated heterocycles. The molecule has 0 heterocycles. The Morgan fingerprint density at radius 1 is 0.722 bits per heavy atom. The van der Waals surface area contributed by atoms with E-state index in [1.807, 2.05) is 0 Å². The fourth-order valence-electron chi connectivity index (χ4n) is 13.5. The molecule has 0 nitrogen and oxygen atoms in total. The van der Waals surface area contributed by atoms with Crippen LogP contribution in [0.2, 0.25) is 0 Å². The van der Waals surface area contributed by atoms with Crippen LogP contribution in [0.1, 0.15) is 151 Å². The molecule has 1 spiro atoms. The smallest absolute Gasteiger partial charge is 0.0142 e. The molecule has 0 amide bonds. The highest BCUT2D eigenvalue weighted by Gasteiger charge is 2.99. The Hall–Kier alpha value is 0. The van der Waals surface area contributed by atoms with E-state index in [1.165, 1.54) is 19.3 Å². The minimum absolute atomic E-state index is 0.207. The lowest BCUT2D eigenvalue weighted by Gasteiger charge is -2.89. The van der Waals surface area contributed by atoms with Gasteiger partial charge in [0.25, 0.3) is 0 Å². The van der Waals surface area contributed by atoms with Crippen LogP contribution in [0.25, 0.3) is 0 Å². The molecule has 0 aromatic carbocycles. The predicted molar refractivity (Wildman–Crippen MR) is 161 cm³/mol. The number of hydrogen-bond donors (Lipinski definition) is 0. The van der Waals surface area contributed by atoms with Gasteiger partial charge in [-0.25, -0.2) is 0 Å². The van der Waals surface area contributed by atoms with Crippen molar-refractivity contribution in [1.29, 1.82) is 0 Å². The second kappa shape index (κ2) is 7.80. The zero-order valence-electron chi connectivity index (χ0n) is 28.5. The summed E-state index contributed by atoms with van der Waals surface area (Å²) >= 11 is 0. The van der Waals surface area contributed by atoms with Crippen LogP contribution < -0.4 is 0 Å². The average molecular weight is 501 g/mol. The van der Waals surface area contributed by atoms with E-state index < -0.39 is 0 Å². The Morgan fingerprint density at radius 3 is 1.53 bits per heavy atom. The first kappa shape index (κ1) is 30.5. The Bertz CT molecular complexity index is 863. The van der Waals surface area contributed by atoms with Crippen LogP contribution in [0.3, 0.4) is 0 Å². The molecule has 0 N–H and O–H groups in total. The van der Waals surface area contributed by atoms with Crippen molar-refractivity contribution >= 4 is 0 Å². The molecular formula is C36H68. The topological polar surface area (TPSA) is 0 Å². The van der Waals surface area contributed by atoms with E-state index in [1.54, 1.807) is 0 Å². The van der Waals surface area contributed by atoms with Crippen LogP contribution >= 0.6 is 0 Å². The van der Waals surface area contributed by atoms with E-state index in [9.17, 15) is 0 Å². The van der Waals surface area contributed by atoms with Gasteiger partial charge in [-0.2, -0.15) is 0 Å². The van der Waals surface area contributed by atoms with Gasteiger partial charge in [0.05, 0.1) is 0 Å². The zero-order valence-corrected chi connectivity index (χ0v) is 28.5. The average Bonchev–Trinajstić information content (AvgIpc) is 3.03. The minimum atomic E-state index is 0.207. The number of hydrogen-bond acceptors (Lipinski definition) is 0. The van der Waals surface area contributed by atoms with Gasteiger partial charge in [0, 0.05) is 0 Å². The molecule has 4 aliphatic rings. The number of fused-ring (bicyclic) bond motifs is 1. The van der Waals surface area contributed by atoms with E-state index in [0.29, 0.717) is 27.1 Å². The summed E-state index contributed by atoms with van der Waals surface area (Å²) in [4.78, 5) is 0. The third-order valence-corrected chi connectivity index (χ3v) is 16.6. The van der Waals surface area contributed by atoms with Crippen molar-refractivity contribution in [2.24, 2.45) is 78.3 Å². The Balaban J connectivity index is 2.46. The molecule has 0 aromatic heterocycles. The van der Waals surface area contributed by atoms with Gasteiger partial charge in [-0.3, -0.25) is 0 Å². The van der Waals surface area contributed by atoms with Crippen LogP contribution in [-0.2, 0) is 0 Å². The molecule has 4 fully saturated rings. The van der Waals surface area contributed by atoms with Crippen molar-refractivity contribution in [2.75, 3.05) is 0 Å². The summed E-state index contributed by atoms with van der Waals surface area (Å²) in [6, 6.07) is 0. The summed E-state index contributed by atoms with van der Waals surface area (Å²) in [5.74, 6) is 3.79. The van der Waals surface area contributed by atoms with E-state index >= 15 is 0 Å². The lowest BCUT2D eigenvalue weighted by Crippen LogP contribution is -2.84. The van der Waals surface area contributed by atoms with E-state index in [-0.39, 0.29) is 21.7 Å². The predicted octanol–water partition coefficient (Wildman–Crippen LogP) is 11.5. The maximum Gasteiger partial charge on any atom is -0.0142 e. The zero-order chi connectivity index (χ0) is 28.5. The highest BCUT2D eigenvalue weighted by atomic mass is 15.0. The Labute approximate surface area is 228 Å². The molecule has 0 aromatic rings. The van der Waals surface area contributed by atoms with Crippen molar-refractivity contribution in [1.82, 2.24) is 0 Å². The molecule has 4 aliphatic carbocycles. The van der Waals surface area contributed by atoms with Gasteiger partial charge in [-0.1, -0.05) is 138 Å². The van der Waals surface area contributed by atoms with E-state index in [4.69, 9.17) is 0 Å². The molecule has 2 bridgehead atoms. The highest BCUT2D eigenvalue weighted by molar-refractivity contribution is 5.46. The van der Waals surface area contributed by atoms with Gasteiger partial charge in [0.2, 0.25) is 0 Å². The lowest BCUT2D eigenvalue weighted by molar-refractivity contribution is -0.419. The summed E-state index contributed by atoms with van der Waals surface area (Å²) in [7, 11) is 0. The van der Waals surface area contributed by atoms with Gasteiger partial charge < -0.3 is 0 Å². The highest BCUT2D eigenvalue weighted by Crippen LogP contribution is 3.04. The molecular weight excluding hydrogens is 432 g/mol. The quantitative estimate of drug-likeness (QED) is 0.326. The maximum absolute atomic E-state index is 2.83. The van der Waals surface area contributed by atoms with Gasteiger partial charge >= 0.3 is 0 Å². The summed E-state index contributed by atoms with van der Waals surface area (Å²) in [6.07, 6.45) is 3.98. The number of rotatable bonds is 7. The molecule has 0 radical (unpaired) electrons. The molecule has 0 aliphatic heterocycles. The first-order chi connectivity index (χ1) is 15.8. The summed E-state index contributed by atoms with van der Waals surface area (Å²) in [5.41, 5.74) is 2.77. The second-order valence-corrected chi connectivity index (χ2v) is 18.3. The van der Waals surface area contributed by atoms with Crippen LogP contribution in [0.15, 0.2) is 0 Å². The molecule has 0 heteroatoms. The normalized spacial score (nSPS) is 46.0. The largest absolute Gasteiger partial charge is 0.0651 e. The maximum atomic E-state index is 2.83. The standard InChI is InChI=1S/C36H68/c1-20-24(5)25(6)27-34(18,30(13,14)31(15,21-2)28(7,8)9)32(16)22-36(27)26(23(3)4)33(17,29(10,11)12)35(32,36)19/h23-27H,20-22H2,1-19H3. The van der Waals surface area contributed by atoms with Crippen LogP contribution in [0.4, 0.5) is 0 Å². The molecule has 10 atom stereocenters. The van der Waals surface area contributed by atoms with Crippen LogP contribution in [-0.4, -0.2) is 0 Å². The third-order valence-electron chi connectivity index (χ3n) is 16.6. The van der Waals surface area contributed by atoms with Gasteiger partial charge in [0.15, 0.2) is 0 Å². The molecule has 10 unspecified atom stereocenters. The van der Waals surface area contributed by atoms with Crippen molar-refractivity contribution in [3.63, 3.8) is 0 Å². The molecule has 212 valence electrons. The first-order valence-corrected chi connectivity index (χ1v) is 15.8. The third kappa shape index (κ3) is 2.61. The van der Waals surface area contributed by atoms with Crippen molar-refractivity contribution in [3.05, 3.63) is 0 Å². The van der Waals surface area contributed by atoms with Crippen molar-refractivity contribution in [2.45, 2.75) is 151 Å². The van der Waals surface area contributed by atoms with Crippen molar-refractivity contribution < 1.29 is 0 Å². The summed E-state index contributed by atoms with van der Waals surface area (Å²) < 4.78 is 0. The van der Waals surface area contributed by atoms with Gasteiger partial charge in [-0.05, 0) is 91.2 Å². The molecule has 4 rings (SSSR count). The summed E-state index contributed by atoms with van der Waals surface area (Å²) in [6.45, 7) is 49.9. The fourth-order valence-corrected chi connectivity index (χ4v) is 13.5. The van der Waals surface area contributed by atoms with E-state index in [0.717, 1.165) is 29.6 Å². The van der Waals surface area contributed by atoms with Crippen LogP contribution in [0, 0.1) is 78.3 Å². The minimum Gasteiger partial charge on any atom is -0.0651 e. The van der Waals surface area contributed by atoms with Crippen molar-refractivity contribution in [3.8, 4) is 0 Å². The van der Waals surface area contributed by atoms with Crippen LogP contribution in [0.5, 0.6) is 0 Å². The first-order valence-electron chi connectivity index (χ1n) is 15.8. The molecule has 36 heavy (non-hydrogen) atoms. The fraction of sp³-hybridized carbons (Fsp3) is 1.00. The Kier molecular flexibility index (Phi) is 6.62. The lowest BCUT2D eigenvalue weighted by atomic mass is 9.15.